The van der Waals surface area contributed by atoms with Gasteiger partial charge < -0.3 is 5.32 Å². The molecule has 3 rings (SSSR count). The maximum atomic E-state index is 12.7. The monoisotopic (exact) mass is 387 g/mol. The summed E-state index contributed by atoms with van der Waals surface area (Å²) < 4.78 is 26.7. The van der Waals surface area contributed by atoms with Crippen LogP contribution in [0.5, 0.6) is 0 Å². The largest absolute Gasteiger partial charge is 0.345 e. The maximum absolute atomic E-state index is 12.7. The predicted octanol–water partition coefficient (Wildman–Crippen LogP) is 2.74. The maximum Gasteiger partial charge on any atom is 0.303 e. The number of nitrogens with zero attached hydrogens (tertiary/aromatic N) is 2. The van der Waals surface area contributed by atoms with Gasteiger partial charge in [-0.2, -0.15) is 12.7 Å². The van der Waals surface area contributed by atoms with Crippen LogP contribution >= 0.6 is 0 Å². The number of benzene rings is 2. The summed E-state index contributed by atoms with van der Waals surface area (Å²) in [5, 5.41) is 3.11. The number of hydrogen-bond acceptors (Lipinski definition) is 3. The summed E-state index contributed by atoms with van der Waals surface area (Å²) >= 11 is 0. The lowest BCUT2D eigenvalue weighted by molar-refractivity contribution is 0.0933. The molecule has 0 bridgehead atoms. The van der Waals surface area contributed by atoms with Crippen LogP contribution in [0, 0.1) is 0 Å². The molecule has 2 aromatic carbocycles. The molecule has 0 aromatic heterocycles. The lowest BCUT2D eigenvalue weighted by Crippen LogP contribution is -2.37. The Balaban J connectivity index is 1.74. The zero-order chi connectivity index (χ0) is 19.6. The van der Waals surface area contributed by atoms with Gasteiger partial charge in [0.15, 0.2) is 0 Å². The van der Waals surface area contributed by atoms with E-state index in [4.69, 9.17) is 0 Å². The van der Waals surface area contributed by atoms with Gasteiger partial charge in [-0.25, -0.2) is 0 Å². The second kappa shape index (κ2) is 7.70. The highest BCUT2D eigenvalue weighted by Crippen LogP contribution is 2.29. The SMILES string of the molecule is CN(C)S(=O)(=O)N(C)c1ccc(C(=O)N[C@H]2CCCc3ccccc32)cc1. The molecule has 1 atom stereocenters. The Morgan fingerprint density at radius 1 is 1.04 bits per heavy atom. The fourth-order valence-electron chi connectivity index (χ4n) is 3.35. The number of hydrogen-bond donors (Lipinski definition) is 1. The van der Waals surface area contributed by atoms with Crippen LogP contribution < -0.4 is 9.62 Å². The molecule has 7 heteroatoms. The first-order valence-corrected chi connectivity index (χ1v) is 10.4. The third kappa shape index (κ3) is 3.99. The van der Waals surface area contributed by atoms with Crippen molar-refractivity contribution in [3.63, 3.8) is 0 Å². The minimum atomic E-state index is -3.55. The van der Waals surface area contributed by atoms with Crippen LogP contribution in [0.15, 0.2) is 48.5 Å². The molecule has 0 saturated heterocycles. The minimum Gasteiger partial charge on any atom is -0.345 e. The number of anilines is 1. The summed E-state index contributed by atoms with van der Waals surface area (Å²) in [6.45, 7) is 0. The Morgan fingerprint density at radius 3 is 2.37 bits per heavy atom. The summed E-state index contributed by atoms with van der Waals surface area (Å²) in [5.41, 5.74) is 3.49. The van der Waals surface area contributed by atoms with Crippen LogP contribution in [0.25, 0.3) is 0 Å². The average Bonchev–Trinajstić information content (AvgIpc) is 2.67. The van der Waals surface area contributed by atoms with Crippen molar-refractivity contribution >= 4 is 21.8 Å². The van der Waals surface area contributed by atoms with E-state index in [-0.39, 0.29) is 11.9 Å². The Morgan fingerprint density at radius 2 is 1.70 bits per heavy atom. The molecule has 0 unspecified atom stereocenters. The molecule has 27 heavy (non-hydrogen) atoms. The Bertz CT molecular complexity index is 924. The number of amides is 1. The molecule has 0 spiro atoms. The van der Waals surface area contributed by atoms with Crippen LogP contribution in [0.2, 0.25) is 0 Å². The fourth-order valence-corrected chi connectivity index (χ4v) is 4.22. The number of carbonyl (C=O) groups is 1. The van der Waals surface area contributed by atoms with Crippen molar-refractivity contribution in [2.75, 3.05) is 25.4 Å². The van der Waals surface area contributed by atoms with E-state index in [0.717, 1.165) is 23.6 Å². The Hall–Kier alpha value is -2.38. The lowest BCUT2D eigenvalue weighted by atomic mass is 9.87. The summed E-state index contributed by atoms with van der Waals surface area (Å²) in [6, 6.07) is 14.8. The van der Waals surface area contributed by atoms with Gasteiger partial charge in [-0.15, -0.1) is 0 Å². The Labute approximate surface area is 161 Å². The lowest BCUT2D eigenvalue weighted by Gasteiger charge is -2.26. The molecule has 6 nitrogen and oxygen atoms in total. The van der Waals surface area contributed by atoms with Crippen molar-refractivity contribution in [2.45, 2.75) is 25.3 Å². The van der Waals surface area contributed by atoms with E-state index in [1.807, 2.05) is 12.1 Å². The normalized spacial score (nSPS) is 16.7. The van der Waals surface area contributed by atoms with Crippen LogP contribution in [0.3, 0.4) is 0 Å². The van der Waals surface area contributed by atoms with Gasteiger partial charge in [0.05, 0.1) is 11.7 Å². The van der Waals surface area contributed by atoms with Gasteiger partial charge >= 0.3 is 10.2 Å². The van der Waals surface area contributed by atoms with Gasteiger partial charge in [-0.3, -0.25) is 9.10 Å². The van der Waals surface area contributed by atoms with Gasteiger partial charge in [-0.1, -0.05) is 24.3 Å². The van der Waals surface area contributed by atoms with Crippen molar-refractivity contribution in [3.05, 3.63) is 65.2 Å². The fraction of sp³-hybridized carbons (Fsp3) is 0.350. The zero-order valence-electron chi connectivity index (χ0n) is 15.8. The highest BCUT2D eigenvalue weighted by Gasteiger charge is 2.23. The first-order chi connectivity index (χ1) is 12.8. The second-order valence-electron chi connectivity index (χ2n) is 6.92. The molecule has 0 aliphatic heterocycles. The molecule has 1 aliphatic rings. The first kappa shape index (κ1) is 19.4. The summed E-state index contributed by atoms with van der Waals surface area (Å²) in [4.78, 5) is 12.7. The quantitative estimate of drug-likeness (QED) is 0.858. The molecule has 144 valence electrons. The number of nitrogens with one attached hydrogen (secondary N) is 1. The van der Waals surface area contributed by atoms with Gasteiger partial charge in [0.25, 0.3) is 5.91 Å². The molecule has 0 saturated carbocycles. The van der Waals surface area contributed by atoms with Crippen LogP contribution in [0.4, 0.5) is 5.69 Å². The zero-order valence-corrected chi connectivity index (χ0v) is 16.7. The average molecular weight is 388 g/mol. The van der Waals surface area contributed by atoms with E-state index in [0.29, 0.717) is 11.3 Å². The highest BCUT2D eigenvalue weighted by atomic mass is 32.2. The summed E-state index contributed by atoms with van der Waals surface area (Å²) in [6.07, 6.45) is 3.02. The van der Waals surface area contributed by atoms with Crippen LogP contribution in [0.1, 0.15) is 40.4 Å². The summed E-state index contributed by atoms with van der Waals surface area (Å²) in [5.74, 6) is -0.152. The molecule has 1 aliphatic carbocycles. The highest BCUT2D eigenvalue weighted by molar-refractivity contribution is 7.90. The van der Waals surface area contributed by atoms with E-state index in [1.54, 1.807) is 24.3 Å². The van der Waals surface area contributed by atoms with Crippen LogP contribution in [-0.2, 0) is 16.6 Å². The predicted molar refractivity (Wildman–Crippen MR) is 107 cm³/mol. The number of rotatable bonds is 5. The molecular formula is C20H25N3O3S. The van der Waals surface area contributed by atoms with E-state index < -0.39 is 10.2 Å². The molecule has 2 aromatic rings. The number of carbonyl (C=O) groups excluding carboxylic acids is 1. The van der Waals surface area contributed by atoms with Crippen molar-refractivity contribution in [3.8, 4) is 0 Å². The van der Waals surface area contributed by atoms with E-state index in [1.165, 1.54) is 36.6 Å². The van der Waals surface area contributed by atoms with Crippen LogP contribution in [-0.4, -0.2) is 39.8 Å². The van der Waals surface area contributed by atoms with E-state index in [9.17, 15) is 13.2 Å². The smallest absolute Gasteiger partial charge is 0.303 e. The second-order valence-corrected chi connectivity index (χ2v) is 9.10. The van der Waals surface area contributed by atoms with Gasteiger partial charge in [0.2, 0.25) is 0 Å². The topological polar surface area (TPSA) is 69.7 Å². The minimum absolute atomic E-state index is 0.0129. The molecule has 1 N–H and O–H groups in total. The van der Waals surface area contributed by atoms with Crippen molar-refractivity contribution < 1.29 is 13.2 Å². The van der Waals surface area contributed by atoms with E-state index >= 15 is 0 Å². The van der Waals surface area contributed by atoms with Crippen molar-refractivity contribution in [2.24, 2.45) is 0 Å². The standard InChI is InChI=1S/C20H25N3O3S/c1-22(2)27(25,26)23(3)17-13-11-16(12-14-17)20(24)21-19-10-6-8-15-7-4-5-9-18(15)19/h4-5,7,9,11-14,19H,6,8,10H2,1-3H3,(H,21,24)/t19-/m0/s1. The van der Waals surface area contributed by atoms with E-state index in [2.05, 4.69) is 17.4 Å². The first-order valence-electron chi connectivity index (χ1n) is 8.96. The Kier molecular flexibility index (Phi) is 5.53. The molecular weight excluding hydrogens is 362 g/mol. The number of fused-ring (bicyclic) bond motifs is 1. The third-order valence-electron chi connectivity index (χ3n) is 4.98. The van der Waals surface area contributed by atoms with Gasteiger partial charge in [-0.05, 0) is 54.7 Å². The van der Waals surface area contributed by atoms with Crippen molar-refractivity contribution in [1.29, 1.82) is 0 Å². The van der Waals surface area contributed by atoms with Gasteiger partial charge in [0, 0.05) is 26.7 Å². The molecule has 0 heterocycles. The van der Waals surface area contributed by atoms with Gasteiger partial charge in [0.1, 0.15) is 0 Å². The number of aryl methyl sites for hydroxylation is 1. The third-order valence-corrected chi connectivity index (χ3v) is 6.80. The molecule has 1 amide bonds. The molecule has 0 radical (unpaired) electrons. The summed E-state index contributed by atoms with van der Waals surface area (Å²) in [7, 11) is 0.900. The van der Waals surface area contributed by atoms with Crippen molar-refractivity contribution in [1.82, 2.24) is 9.62 Å². The molecule has 0 fully saturated rings.